The summed E-state index contributed by atoms with van der Waals surface area (Å²) in [6.45, 7) is 0. The molecule has 0 saturated carbocycles. The number of hydrogen-bond acceptors (Lipinski definition) is 2. The van der Waals surface area contributed by atoms with E-state index in [0.717, 1.165) is 19.3 Å². The summed E-state index contributed by atoms with van der Waals surface area (Å²) in [7, 11) is 1.06. The van der Waals surface area contributed by atoms with Gasteiger partial charge in [0.1, 0.15) is 16.4 Å². The van der Waals surface area contributed by atoms with Crippen LogP contribution in [-0.2, 0) is 13.2 Å². The van der Waals surface area contributed by atoms with Crippen molar-refractivity contribution >= 4 is 23.2 Å². The minimum atomic E-state index is -4.69. The number of hydrogen-bond donors (Lipinski definition) is 0. The summed E-state index contributed by atoms with van der Waals surface area (Å²) < 4.78 is 52.3. The second kappa shape index (κ2) is 4.64. The first-order chi connectivity index (χ1) is 8.71. The molecule has 0 aliphatic rings. The maximum absolute atomic E-state index is 13.6. The first-order valence-electron chi connectivity index (χ1n) is 4.83. The topological polar surface area (TPSA) is 30.7 Å². The third-order valence-corrected chi connectivity index (χ3v) is 2.85. The van der Waals surface area contributed by atoms with Gasteiger partial charge in [0, 0.05) is 13.2 Å². The van der Waals surface area contributed by atoms with E-state index in [1.807, 2.05) is 0 Å². The lowest BCUT2D eigenvalue weighted by atomic mass is 10.2. The monoisotopic (exact) mass is 313 g/mol. The van der Waals surface area contributed by atoms with E-state index < -0.39 is 22.7 Å². The van der Waals surface area contributed by atoms with Gasteiger partial charge in [0.15, 0.2) is 11.5 Å². The van der Waals surface area contributed by atoms with E-state index in [1.165, 1.54) is 0 Å². The molecule has 0 saturated heterocycles. The number of halogens is 6. The SMILES string of the molecule is Cn1nc(-c2ncc(Cl)cc2F)c(Cl)c1C(F)(F)F. The van der Waals surface area contributed by atoms with Crippen LogP contribution in [0.15, 0.2) is 12.3 Å². The van der Waals surface area contributed by atoms with Crippen LogP contribution in [0.4, 0.5) is 17.6 Å². The Morgan fingerprint density at radius 1 is 1.21 bits per heavy atom. The normalized spacial score (nSPS) is 11.9. The van der Waals surface area contributed by atoms with Gasteiger partial charge in [-0.15, -0.1) is 0 Å². The van der Waals surface area contributed by atoms with Crippen molar-refractivity contribution in [2.75, 3.05) is 0 Å². The number of rotatable bonds is 1. The average Bonchev–Trinajstić information content (AvgIpc) is 2.53. The van der Waals surface area contributed by atoms with E-state index >= 15 is 0 Å². The van der Waals surface area contributed by atoms with Gasteiger partial charge in [-0.2, -0.15) is 18.3 Å². The van der Waals surface area contributed by atoms with Crippen molar-refractivity contribution in [3.8, 4) is 11.4 Å². The molecule has 0 aliphatic carbocycles. The summed E-state index contributed by atoms with van der Waals surface area (Å²) >= 11 is 11.1. The fourth-order valence-electron chi connectivity index (χ4n) is 1.55. The van der Waals surface area contributed by atoms with Gasteiger partial charge in [-0.1, -0.05) is 23.2 Å². The van der Waals surface area contributed by atoms with Crippen LogP contribution in [0.2, 0.25) is 10.0 Å². The molecule has 0 fully saturated rings. The second-order valence-corrected chi connectivity index (χ2v) is 4.43. The first kappa shape index (κ1) is 14.1. The molecule has 0 aliphatic heterocycles. The molecule has 102 valence electrons. The van der Waals surface area contributed by atoms with Crippen molar-refractivity contribution in [1.29, 1.82) is 0 Å². The molecular weight excluding hydrogens is 309 g/mol. The number of pyridine rings is 1. The molecule has 0 spiro atoms. The van der Waals surface area contributed by atoms with E-state index in [9.17, 15) is 17.6 Å². The number of alkyl halides is 3. The highest BCUT2D eigenvalue weighted by molar-refractivity contribution is 6.33. The summed E-state index contributed by atoms with van der Waals surface area (Å²) in [6, 6.07) is 0.919. The molecule has 3 nitrogen and oxygen atoms in total. The zero-order valence-electron chi connectivity index (χ0n) is 9.26. The Morgan fingerprint density at radius 2 is 1.84 bits per heavy atom. The Morgan fingerprint density at radius 3 is 2.32 bits per heavy atom. The molecule has 19 heavy (non-hydrogen) atoms. The Kier molecular flexibility index (Phi) is 3.44. The van der Waals surface area contributed by atoms with Crippen molar-refractivity contribution in [3.63, 3.8) is 0 Å². The van der Waals surface area contributed by atoms with Gasteiger partial charge in [0.25, 0.3) is 0 Å². The smallest absolute Gasteiger partial charge is 0.261 e. The lowest BCUT2D eigenvalue weighted by Gasteiger charge is -2.06. The highest BCUT2D eigenvalue weighted by atomic mass is 35.5. The van der Waals surface area contributed by atoms with Crippen LogP contribution in [0.3, 0.4) is 0 Å². The Balaban J connectivity index is 2.65. The van der Waals surface area contributed by atoms with Gasteiger partial charge in [0.2, 0.25) is 0 Å². The zero-order valence-corrected chi connectivity index (χ0v) is 10.8. The number of aromatic nitrogens is 3. The molecule has 2 aromatic heterocycles. The molecule has 0 unspecified atom stereocenters. The summed E-state index contributed by atoms with van der Waals surface area (Å²) in [5.74, 6) is -0.902. The van der Waals surface area contributed by atoms with Gasteiger partial charge in [-0.25, -0.2) is 9.37 Å². The quantitative estimate of drug-likeness (QED) is 0.746. The summed E-state index contributed by atoms with van der Waals surface area (Å²) in [4.78, 5) is 3.61. The number of nitrogens with zero attached hydrogens (tertiary/aromatic N) is 3. The van der Waals surface area contributed by atoms with Crippen molar-refractivity contribution in [3.05, 3.63) is 33.8 Å². The van der Waals surface area contributed by atoms with E-state index in [4.69, 9.17) is 23.2 Å². The van der Waals surface area contributed by atoms with Crippen molar-refractivity contribution in [2.45, 2.75) is 6.18 Å². The predicted molar refractivity (Wildman–Crippen MR) is 61.4 cm³/mol. The van der Waals surface area contributed by atoms with Crippen molar-refractivity contribution in [1.82, 2.24) is 14.8 Å². The van der Waals surface area contributed by atoms with Crippen LogP contribution in [0.1, 0.15) is 5.69 Å². The minimum Gasteiger partial charge on any atom is -0.261 e. The van der Waals surface area contributed by atoms with Crippen LogP contribution in [0.25, 0.3) is 11.4 Å². The van der Waals surface area contributed by atoms with Crippen LogP contribution in [-0.4, -0.2) is 14.8 Å². The van der Waals surface area contributed by atoms with Gasteiger partial charge < -0.3 is 0 Å². The third kappa shape index (κ3) is 2.52. The number of aryl methyl sites for hydroxylation is 1. The molecule has 0 N–H and O–H groups in total. The first-order valence-corrected chi connectivity index (χ1v) is 5.58. The Bertz CT molecular complexity index is 636. The van der Waals surface area contributed by atoms with Gasteiger partial charge in [0.05, 0.1) is 5.02 Å². The second-order valence-electron chi connectivity index (χ2n) is 3.62. The van der Waals surface area contributed by atoms with Gasteiger partial charge in [-0.3, -0.25) is 4.68 Å². The van der Waals surface area contributed by atoms with E-state index in [-0.39, 0.29) is 16.4 Å². The molecular formula is C10H5Cl2F4N3. The van der Waals surface area contributed by atoms with Crippen LogP contribution >= 0.6 is 23.2 Å². The maximum atomic E-state index is 13.6. The van der Waals surface area contributed by atoms with Crippen molar-refractivity contribution < 1.29 is 17.6 Å². The molecule has 0 aromatic carbocycles. The molecule has 0 bridgehead atoms. The summed E-state index contributed by atoms with van der Waals surface area (Å²) in [5, 5.41) is 2.87. The Labute approximate surface area is 114 Å². The molecule has 0 radical (unpaired) electrons. The van der Waals surface area contributed by atoms with Gasteiger partial charge in [-0.05, 0) is 6.07 Å². The Hall–Kier alpha value is -1.34. The summed E-state index contributed by atoms with van der Waals surface area (Å²) in [5.41, 5.74) is -1.94. The van der Waals surface area contributed by atoms with Crippen molar-refractivity contribution in [2.24, 2.45) is 7.05 Å². The van der Waals surface area contributed by atoms with E-state index in [0.29, 0.717) is 4.68 Å². The zero-order chi connectivity index (χ0) is 14.4. The lowest BCUT2D eigenvalue weighted by molar-refractivity contribution is -0.143. The fourth-order valence-corrected chi connectivity index (χ4v) is 2.05. The molecule has 0 atom stereocenters. The highest BCUT2D eigenvalue weighted by Gasteiger charge is 2.39. The molecule has 2 heterocycles. The highest BCUT2D eigenvalue weighted by Crippen LogP contribution is 2.39. The van der Waals surface area contributed by atoms with E-state index in [1.54, 1.807) is 0 Å². The van der Waals surface area contributed by atoms with Crippen LogP contribution < -0.4 is 0 Å². The predicted octanol–water partition coefficient (Wildman–Crippen LogP) is 3.95. The van der Waals surface area contributed by atoms with Gasteiger partial charge >= 0.3 is 6.18 Å². The third-order valence-electron chi connectivity index (χ3n) is 2.29. The minimum absolute atomic E-state index is 0.0179. The molecule has 2 aromatic rings. The molecule has 0 amide bonds. The standard InChI is InChI=1S/C10H5Cl2F4N3/c1-19-9(10(14,15)16)6(12)8(18-19)7-5(13)2-4(11)3-17-7/h2-3H,1H3. The maximum Gasteiger partial charge on any atom is 0.434 e. The average molecular weight is 314 g/mol. The fraction of sp³-hybridized carbons (Fsp3) is 0.200. The largest absolute Gasteiger partial charge is 0.434 e. The van der Waals surface area contributed by atoms with Crippen LogP contribution in [0.5, 0.6) is 0 Å². The lowest BCUT2D eigenvalue weighted by Crippen LogP contribution is -2.12. The molecule has 9 heteroatoms. The summed E-state index contributed by atoms with van der Waals surface area (Å²) in [6.07, 6.45) is -3.60. The molecule has 2 rings (SSSR count). The van der Waals surface area contributed by atoms with Crippen LogP contribution in [0, 0.1) is 5.82 Å². The van der Waals surface area contributed by atoms with E-state index in [2.05, 4.69) is 10.1 Å².